The van der Waals surface area contributed by atoms with Gasteiger partial charge in [0.15, 0.2) is 0 Å². The molecule has 0 saturated carbocycles. The molecule has 0 aliphatic heterocycles. The van der Waals surface area contributed by atoms with E-state index in [2.05, 4.69) is 10.2 Å². The fraction of sp³-hybridized carbons (Fsp3) is 0.0588. The van der Waals surface area contributed by atoms with Crippen molar-refractivity contribution in [3.05, 3.63) is 48.5 Å². The molecule has 0 saturated heterocycles. The molecular weight excluding hydrogens is 470 g/mol. The molecule has 3 rings (SSSR count). The maximum Gasteiger partial charge on any atom is 1.00 e. The normalized spacial score (nSPS) is 11.7. The first kappa shape index (κ1) is 28.0. The third kappa shape index (κ3) is 6.05. The third-order valence-corrected chi connectivity index (χ3v) is 5.69. The molecule has 0 amide bonds. The second-order valence-corrected chi connectivity index (χ2v) is 8.44. The van der Waals surface area contributed by atoms with Crippen LogP contribution < -0.4 is 69.0 Å². The summed E-state index contributed by atoms with van der Waals surface area (Å²) >= 11 is 0. The summed E-state index contributed by atoms with van der Waals surface area (Å²) in [7, 11) is -8.64. The second kappa shape index (κ2) is 10.7. The van der Waals surface area contributed by atoms with Gasteiger partial charge < -0.3 is 14.4 Å². The molecule has 0 aliphatic rings. The number of hydrogen-bond donors (Lipinski definition) is 1. The number of ether oxygens (including phenoxy) is 1. The van der Waals surface area contributed by atoms with Gasteiger partial charge in [0.2, 0.25) is 0 Å². The topological polar surface area (TPSA) is 169 Å². The largest absolute Gasteiger partial charge is 1.00 e. The number of para-hydroxylation sites is 1. The van der Waals surface area contributed by atoms with Gasteiger partial charge in [-0.3, -0.25) is 4.55 Å². The van der Waals surface area contributed by atoms with Crippen LogP contribution in [0.4, 0.5) is 11.4 Å². The fourth-order valence-corrected chi connectivity index (χ4v) is 4.09. The van der Waals surface area contributed by atoms with Gasteiger partial charge in [0, 0.05) is 5.39 Å². The average Bonchev–Trinajstić information content (AvgIpc) is 2.65. The predicted molar refractivity (Wildman–Crippen MR) is 98.3 cm³/mol. The molecule has 31 heavy (non-hydrogen) atoms. The molecule has 14 heteroatoms. The van der Waals surface area contributed by atoms with E-state index in [1.165, 1.54) is 13.2 Å². The number of nitrogens with zero attached hydrogens (tertiary/aromatic N) is 2. The van der Waals surface area contributed by atoms with Crippen molar-refractivity contribution in [1.29, 1.82) is 0 Å². The second-order valence-electron chi connectivity index (χ2n) is 5.70. The zero-order valence-electron chi connectivity index (χ0n) is 16.6. The van der Waals surface area contributed by atoms with Gasteiger partial charge in [-0.25, -0.2) is 8.42 Å². The molecule has 0 aromatic heterocycles. The van der Waals surface area contributed by atoms with Gasteiger partial charge in [-0.1, -0.05) is 30.0 Å². The number of hydrogen-bond acceptors (Lipinski definition) is 9. The van der Waals surface area contributed by atoms with Gasteiger partial charge in [0.05, 0.1) is 17.7 Å². The van der Waals surface area contributed by atoms with E-state index < -0.39 is 52.2 Å². The summed E-state index contributed by atoms with van der Waals surface area (Å²) in [4.78, 5) is -1.72. The van der Waals surface area contributed by atoms with E-state index in [1.807, 2.05) is 0 Å². The Morgan fingerprint density at radius 3 is 2.10 bits per heavy atom. The monoisotopic (exact) mass is 482 g/mol. The minimum atomic E-state index is -5.13. The number of fused-ring (bicyclic) bond motifs is 1. The minimum absolute atomic E-state index is 0. The molecule has 0 heterocycles. The van der Waals surface area contributed by atoms with Crippen molar-refractivity contribution in [2.24, 2.45) is 10.2 Å². The standard InChI is InChI=1S/C17H14N2O8S2.2Na/c1-27-13-7-3-2-6-11(13)18-19-12-9-15(29(24,25)26)10-5-4-8-14(28(21,22)23)16(10)17(12)20;;/h2-9,20H,1H3,(H,21,22,23)(H,24,25,26);;/q;2*+1/p-2. The Balaban J connectivity index is 0.00000240. The van der Waals surface area contributed by atoms with Crippen LogP contribution in [0.1, 0.15) is 0 Å². The minimum Gasteiger partial charge on any atom is -0.871 e. The summed E-state index contributed by atoms with van der Waals surface area (Å²) in [5, 5.41) is 19.2. The van der Waals surface area contributed by atoms with E-state index in [-0.39, 0.29) is 64.8 Å². The molecule has 0 atom stereocenters. The van der Waals surface area contributed by atoms with Gasteiger partial charge in [0.1, 0.15) is 26.5 Å². The van der Waals surface area contributed by atoms with E-state index in [4.69, 9.17) is 4.74 Å². The zero-order valence-corrected chi connectivity index (χ0v) is 22.3. The summed E-state index contributed by atoms with van der Waals surface area (Å²) in [6.45, 7) is 0. The number of methoxy groups -OCH3 is 1. The molecule has 0 aliphatic carbocycles. The maximum atomic E-state index is 12.8. The Morgan fingerprint density at radius 1 is 0.903 bits per heavy atom. The summed E-state index contributed by atoms with van der Waals surface area (Å²) in [6.07, 6.45) is 0. The quantitative estimate of drug-likeness (QED) is 0.222. The molecule has 3 aromatic rings. The van der Waals surface area contributed by atoms with E-state index in [0.717, 1.165) is 24.3 Å². The summed E-state index contributed by atoms with van der Waals surface area (Å²) in [6, 6.07) is 10.1. The molecule has 0 spiro atoms. The van der Waals surface area contributed by atoms with Gasteiger partial charge in [-0.15, -0.1) is 5.11 Å². The summed E-state index contributed by atoms with van der Waals surface area (Å²) in [5.41, 5.74) is -0.389. The molecule has 152 valence electrons. The maximum absolute atomic E-state index is 12.8. The van der Waals surface area contributed by atoms with Crippen molar-refractivity contribution in [2.75, 3.05) is 7.11 Å². The van der Waals surface area contributed by atoms with Crippen LogP contribution in [0.5, 0.6) is 11.5 Å². The molecule has 0 radical (unpaired) electrons. The average molecular weight is 482 g/mol. The SMILES string of the molecule is COc1ccccc1N=Nc1cc(S(=O)(=O)O)c2cccc(S(=O)(=O)[O-])c2c1[O-].[Na+].[Na+]. The number of benzene rings is 3. The van der Waals surface area contributed by atoms with Crippen LogP contribution in [0.2, 0.25) is 0 Å². The third-order valence-electron chi connectivity index (χ3n) is 3.92. The number of rotatable bonds is 5. The first-order valence-electron chi connectivity index (χ1n) is 7.79. The van der Waals surface area contributed by atoms with E-state index >= 15 is 0 Å². The van der Waals surface area contributed by atoms with Crippen molar-refractivity contribution >= 4 is 42.4 Å². The van der Waals surface area contributed by atoms with Gasteiger partial charge in [-0.05, 0) is 29.7 Å². The van der Waals surface area contributed by atoms with Crippen molar-refractivity contribution < 1.29 is 94.9 Å². The van der Waals surface area contributed by atoms with Crippen LogP contribution in [0.15, 0.2) is 68.6 Å². The summed E-state index contributed by atoms with van der Waals surface area (Å²) in [5.74, 6) is -0.733. The zero-order chi connectivity index (χ0) is 21.4. The molecular formula is C17H12N2Na2O8S2. The Bertz CT molecular complexity index is 1360. The Kier molecular flexibility index (Phi) is 9.66. The van der Waals surface area contributed by atoms with Crippen molar-refractivity contribution in [3.8, 4) is 11.5 Å². The van der Waals surface area contributed by atoms with Crippen LogP contribution in [0.3, 0.4) is 0 Å². The Morgan fingerprint density at radius 2 is 1.52 bits per heavy atom. The van der Waals surface area contributed by atoms with Crippen molar-refractivity contribution in [2.45, 2.75) is 9.79 Å². The van der Waals surface area contributed by atoms with E-state index in [0.29, 0.717) is 5.75 Å². The fourth-order valence-electron chi connectivity index (χ4n) is 2.68. The van der Waals surface area contributed by atoms with Gasteiger partial charge in [0.25, 0.3) is 10.1 Å². The molecule has 0 unspecified atom stereocenters. The molecule has 10 nitrogen and oxygen atoms in total. The Hall–Kier alpha value is -1.06. The van der Waals surface area contributed by atoms with Crippen LogP contribution in [0, 0.1) is 0 Å². The molecule has 3 aromatic carbocycles. The number of azo groups is 1. The molecule has 0 fully saturated rings. The first-order chi connectivity index (χ1) is 13.5. The van der Waals surface area contributed by atoms with Gasteiger partial charge >= 0.3 is 59.1 Å². The van der Waals surface area contributed by atoms with E-state index in [1.54, 1.807) is 18.2 Å². The first-order valence-corrected chi connectivity index (χ1v) is 10.6. The Labute approximate surface area is 222 Å². The molecule has 1 N–H and O–H groups in total. The van der Waals surface area contributed by atoms with Crippen LogP contribution in [0.25, 0.3) is 10.8 Å². The molecule has 0 bridgehead atoms. The van der Waals surface area contributed by atoms with Crippen LogP contribution >= 0.6 is 0 Å². The predicted octanol–water partition coefficient (Wildman–Crippen LogP) is -3.50. The van der Waals surface area contributed by atoms with Crippen LogP contribution in [-0.2, 0) is 20.2 Å². The smallest absolute Gasteiger partial charge is 0.871 e. The van der Waals surface area contributed by atoms with Crippen molar-refractivity contribution in [3.63, 3.8) is 0 Å². The van der Waals surface area contributed by atoms with E-state index in [9.17, 15) is 31.0 Å². The van der Waals surface area contributed by atoms with Crippen LogP contribution in [-0.4, -0.2) is 33.1 Å². The summed E-state index contributed by atoms with van der Waals surface area (Å²) < 4.78 is 72.8. The van der Waals surface area contributed by atoms with Gasteiger partial charge in [-0.2, -0.15) is 13.5 Å². The van der Waals surface area contributed by atoms with Crippen molar-refractivity contribution in [1.82, 2.24) is 0 Å².